The lowest BCUT2D eigenvalue weighted by Gasteiger charge is -2.21. The Bertz CT molecular complexity index is 216. The standard InChI is InChI=1S/C14H30N2O/c1-6-11(4)13(15)14(17)16-12(5)9-7-8-10(2)3/h10-13H,6-9,15H2,1-5H3,(H,16,17)/t11-,12?,13-/m0/s1. The monoisotopic (exact) mass is 242 g/mol. The molecule has 1 amide bonds. The van der Waals surface area contributed by atoms with Crippen LogP contribution in [0.25, 0.3) is 0 Å². The largest absolute Gasteiger partial charge is 0.352 e. The molecule has 0 saturated heterocycles. The molecule has 102 valence electrons. The Balaban J connectivity index is 3.87. The maximum Gasteiger partial charge on any atom is 0.237 e. The molecule has 0 aliphatic carbocycles. The van der Waals surface area contributed by atoms with Crippen molar-refractivity contribution in [3.8, 4) is 0 Å². The molecule has 3 N–H and O–H groups in total. The Kier molecular flexibility index (Phi) is 8.23. The van der Waals surface area contributed by atoms with Gasteiger partial charge in [-0.2, -0.15) is 0 Å². The molecule has 0 aromatic heterocycles. The highest BCUT2D eigenvalue weighted by Crippen LogP contribution is 2.09. The fourth-order valence-electron chi connectivity index (χ4n) is 1.76. The van der Waals surface area contributed by atoms with Gasteiger partial charge in [-0.3, -0.25) is 4.79 Å². The summed E-state index contributed by atoms with van der Waals surface area (Å²) >= 11 is 0. The molecule has 0 saturated carbocycles. The average molecular weight is 242 g/mol. The van der Waals surface area contributed by atoms with Crippen molar-refractivity contribution in [3.05, 3.63) is 0 Å². The lowest BCUT2D eigenvalue weighted by atomic mass is 9.98. The van der Waals surface area contributed by atoms with Crippen LogP contribution >= 0.6 is 0 Å². The molecular weight excluding hydrogens is 212 g/mol. The van der Waals surface area contributed by atoms with Crippen molar-refractivity contribution in [2.75, 3.05) is 0 Å². The summed E-state index contributed by atoms with van der Waals surface area (Å²) < 4.78 is 0. The summed E-state index contributed by atoms with van der Waals surface area (Å²) in [6.07, 6.45) is 4.36. The fourth-order valence-corrected chi connectivity index (χ4v) is 1.76. The summed E-state index contributed by atoms with van der Waals surface area (Å²) in [5.74, 6) is 0.981. The predicted molar refractivity (Wildman–Crippen MR) is 73.7 cm³/mol. The first-order chi connectivity index (χ1) is 7.88. The van der Waals surface area contributed by atoms with Gasteiger partial charge in [0.2, 0.25) is 5.91 Å². The van der Waals surface area contributed by atoms with Gasteiger partial charge in [0.05, 0.1) is 6.04 Å². The molecule has 0 radical (unpaired) electrons. The third-order valence-electron chi connectivity index (χ3n) is 3.37. The lowest BCUT2D eigenvalue weighted by Crippen LogP contribution is -2.47. The van der Waals surface area contributed by atoms with Crippen LogP contribution in [0.4, 0.5) is 0 Å². The Morgan fingerprint density at radius 2 is 1.76 bits per heavy atom. The van der Waals surface area contributed by atoms with Gasteiger partial charge in [0.25, 0.3) is 0 Å². The van der Waals surface area contributed by atoms with E-state index in [4.69, 9.17) is 5.73 Å². The van der Waals surface area contributed by atoms with E-state index >= 15 is 0 Å². The number of nitrogens with two attached hydrogens (primary N) is 1. The highest BCUT2D eigenvalue weighted by Gasteiger charge is 2.20. The van der Waals surface area contributed by atoms with Crippen molar-refractivity contribution in [1.82, 2.24) is 5.32 Å². The zero-order valence-corrected chi connectivity index (χ0v) is 12.1. The van der Waals surface area contributed by atoms with Crippen molar-refractivity contribution in [2.24, 2.45) is 17.6 Å². The third kappa shape index (κ3) is 7.37. The SMILES string of the molecule is CC[C@H](C)[C@H](N)C(=O)NC(C)CCCC(C)C. The Morgan fingerprint density at radius 3 is 2.24 bits per heavy atom. The van der Waals surface area contributed by atoms with E-state index in [1.54, 1.807) is 0 Å². The molecule has 3 heteroatoms. The molecule has 0 spiro atoms. The summed E-state index contributed by atoms with van der Waals surface area (Å²) in [7, 11) is 0. The van der Waals surface area contributed by atoms with E-state index in [9.17, 15) is 4.79 Å². The van der Waals surface area contributed by atoms with Crippen LogP contribution in [-0.2, 0) is 4.79 Å². The summed E-state index contributed by atoms with van der Waals surface area (Å²) in [4.78, 5) is 11.8. The number of hydrogen-bond donors (Lipinski definition) is 2. The molecule has 1 unspecified atom stereocenters. The third-order valence-corrected chi connectivity index (χ3v) is 3.37. The van der Waals surface area contributed by atoms with Crippen LogP contribution in [0.3, 0.4) is 0 Å². The van der Waals surface area contributed by atoms with Crippen LogP contribution in [0, 0.1) is 11.8 Å². The second-order valence-corrected chi connectivity index (χ2v) is 5.65. The van der Waals surface area contributed by atoms with Gasteiger partial charge in [-0.15, -0.1) is 0 Å². The van der Waals surface area contributed by atoms with Crippen molar-refractivity contribution in [3.63, 3.8) is 0 Å². The number of carbonyl (C=O) groups excluding carboxylic acids is 1. The first kappa shape index (κ1) is 16.4. The van der Waals surface area contributed by atoms with Gasteiger partial charge < -0.3 is 11.1 Å². The second kappa shape index (κ2) is 8.51. The normalized spacial score (nSPS) is 16.6. The minimum atomic E-state index is -0.368. The van der Waals surface area contributed by atoms with E-state index < -0.39 is 0 Å². The molecule has 0 aromatic rings. The smallest absolute Gasteiger partial charge is 0.237 e. The molecule has 0 fully saturated rings. The van der Waals surface area contributed by atoms with Crippen molar-refractivity contribution >= 4 is 5.91 Å². The molecule has 0 aromatic carbocycles. The zero-order chi connectivity index (χ0) is 13.4. The maximum absolute atomic E-state index is 11.8. The Labute approximate surface area is 107 Å². The van der Waals surface area contributed by atoms with Crippen molar-refractivity contribution in [2.45, 2.75) is 72.4 Å². The molecule has 0 rings (SSSR count). The highest BCUT2D eigenvalue weighted by molar-refractivity contribution is 5.81. The second-order valence-electron chi connectivity index (χ2n) is 5.65. The highest BCUT2D eigenvalue weighted by atomic mass is 16.2. The topological polar surface area (TPSA) is 55.1 Å². The molecule has 0 aliphatic rings. The predicted octanol–water partition coefficient (Wildman–Crippen LogP) is 2.69. The van der Waals surface area contributed by atoms with Crippen LogP contribution < -0.4 is 11.1 Å². The molecule has 0 bridgehead atoms. The van der Waals surface area contributed by atoms with Gasteiger partial charge in [-0.05, 0) is 25.2 Å². The molecule has 3 atom stereocenters. The summed E-state index contributed by atoms with van der Waals surface area (Å²) in [6, 6.07) is -0.135. The first-order valence-electron chi connectivity index (χ1n) is 6.94. The van der Waals surface area contributed by atoms with Crippen molar-refractivity contribution in [1.29, 1.82) is 0 Å². The zero-order valence-electron chi connectivity index (χ0n) is 12.1. The van der Waals surface area contributed by atoms with E-state index in [-0.39, 0.29) is 23.9 Å². The van der Waals surface area contributed by atoms with Crippen LogP contribution in [-0.4, -0.2) is 18.0 Å². The van der Waals surface area contributed by atoms with Gasteiger partial charge in [0.1, 0.15) is 0 Å². The average Bonchev–Trinajstić information content (AvgIpc) is 2.26. The van der Waals surface area contributed by atoms with Gasteiger partial charge in [0.15, 0.2) is 0 Å². The van der Waals surface area contributed by atoms with E-state index in [0.717, 1.165) is 25.2 Å². The quantitative estimate of drug-likeness (QED) is 0.687. The molecule has 17 heavy (non-hydrogen) atoms. The van der Waals surface area contributed by atoms with Gasteiger partial charge in [-0.25, -0.2) is 0 Å². The number of amides is 1. The minimum absolute atomic E-state index is 0.00334. The van der Waals surface area contributed by atoms with Gasteiger partial charge >= 0.3 is 0 Å². The summed E-state index contributed by atoms with van der Waals surface area (Å²) in [5.41, 5.74) is 5.88. The molecular formula is C14H30N2O. The van der Waals surface area contributed by atoms with Crippen LogP contribution in [0.5, 0.6) is 0 Å². The number of rotatable bonds is 8. The maximum atomic E-state index is 11.8. The summed E-state index contributed by atoms with van der Waals surface area (Å²) in [6.45, 7) is 10.6. The van der Waals surface area contributed by atoms with E-state index in [0.29, 0.717) is 0 Å². The molecule has 3 nitrogen and oxygen atoms in total. The Morgan fingerprint density at radius 1 is 1.18 bits per heavy atom. The number of hydrogen-bond acceptors (Lipinski definition) is 2. The molecule has 0 aliphatic heterocycles. The van der Waals surface area contributed by atoms with E-state index in [1.165, 1.54) is 6.42 Å². The number of nitrogens with one attached hydrogen (secondary N) is 1. The number of carbonyl (C=O) groups is 1. The van der Waals surface area contributed by atoms with Gasteiger partial charge in [-0.1, -0.05) is 47.0 Å². The first-order valence-corrected chi connectivity index (χ1v) is 6.94. The minimum Gasteiger partial charge on any atom is -0.352 e. The Hall–Kier alpha value is -0.570. The van der Waals surface area contributed by atoms with E-state index in [1.807, 2.05) is 6.92 Å². The lowest BCUT2D eigenvalue weighted by molar-refractivity contribution is -0.124. The van der Waals surface area contributed by atoms with Gasteiger partial charge in [0, 0.05) is 6.04 Å². The van der Waals surface area contributed by atoms with Crippen LogP contribution in [0.2, 0.25) is 0 Å². The fraction of sp³-hybridized carbons (Fsp3) is 0.929. The van der Waals surface area contributed by atoms with Crippen molar-refractivity contribution < 1.29 is 4.79 Å². The van der Waals surface area contributed by atoms with Crippen LogP contribution in [0.1, 0.15) is 60.3 Å². The van der Waals surface area contributed by atoms with Crippen LogP contribution in [0.15, 0.2) is 0 Å². The van der Waals surface area contributed by atoms with E-state index in [2.05, 4.69) is 33.0 Å². The summed E-state index contributed by atoms with van der Waals surface area (Å²) in [5, 5.41) is 3.00. The molecule has 0 heterocycles.